The van der Waals surface area contributed by atoms with Crippen LogP contribution in [-0.2, 0) is 17.8 Å². The normalized spacial score (nSPS) is 12.3. The van der Waals surface area contributed by atoms with Crippen LogP contribution in [0.2, 0.25) is 0 Å². The van der Waals surface area contributed by atoms with E-state index in [1.807, 2.05) is 18.3 Å². The van der Waals surface area contributed by atoms with Crippen molar-refractivity contribution in [1.29, 1.82) is 0 Å². The van der Waals surface area contributed by atoms with Crippen molar-refractivity contribution in [2.24, 2.45) is 0 Å². The first-order chi connectivity index (χ1) is 9.44. The van der Waals surface area contributed by atoms with Crippen molar-refractivity contribution >= 4 is 11.3 Å². The lowest BCUT2D eigenvalue weighted by Gasteiger charge is -2.20. The van der Waals surface area contributed by atoms with E-state index >= 15 is 0 Å². The molecule has 1 aromatic rings. The Balaban J connectivity index is 2.41. The monoisotopic (exact) mass is 298 g/mol. The number of hydrogen-bond acceptors (Lipinski definition) is 4. The molecule has 0 radical (unpaired) electrons. The van der Waals surface area contributed by atoms with Crippen LogP contribution >= 0.6 is 11.3 Å². The Kier molecular flexibility index (Phi) is 7.74. The molecule has 0 aromatic carbocycles. The number of nitrogens with zero attached hydrogens (tertiary/aromatic N) is 1. The zero-order valence-electron chi connectivity index (χ0n) is 13.7. The predicted molar refractivity (Wildman–Crippen MR) is 88.4 cm³/mol. The number of thiophene rings is 1. The van der Waals surface area contributed by atoms with Gasteiger partial charge in [-0.3, -0.25) is 4.90 Å². The molecule has 116 valence electrons. The lowest BCUT2D eigenvalue weighted by Crippen LogP contribution is -2.34. The molecule has 0 saturated heterocycles. The molecular formula is C16H30N2OS. The molecule has 0 atom stereocenters. The van der Waals surface area contributed by atoms with E-state index < -0.39 is 0 Å². The summed E-state index contributed by atoms with van der Waals surface area (Å²) in [6.45, 7) is 16.6. The molecule has 4 heteroatoms. The SMILES string of the molecule is CCOCCN(CC)Cc1ccc(CNC(C)(C)C)s1. The quantitative estimate of drug-likeness (QED) is 0.706. The van der Waals surface area contributed by atoms with Gasteiger partial charge in [0, 0.05) is 41.5 Å². The van der Waals surface area contributed by atoms with Gasteiger partial charge in [-0.2, -0.15) is 0 Å². The van der Waals surface area contributed by atoms with Gasteiger partial charge < -0.3 is 10.1 Å². The number of nitrogens with one attached hydrogen (secondary N) is 1. The third kappa shape index (κ3) is 7.39. The van der Waals surface area contributed by atoms with E-state index in [-0.39, 0.29) is 5.54 Å². The molecule has 1 aromatic heterocycles. The van der Waals surface area contributed by atoms with E-state index in [9.17, 15) is 0 Å². The van der Waals surface area contributed by atoms with Gasteiger partial charge in [0.2, 0.25) is 0 Å². The Morgan fingerprint density at radius 1 is 1.20 bits per heavy atom. The third-order valence-corrected chi connectivity index (χ3v) is 4.16. The summed E-state index contributed by atoms with van der Waals surface area (Å²) in [6, 6.07) is 4.50. The van der Waals surface area contributed by atoms with Crippen molar-refractivity contribution < 1.29 is 4.74 Å². The van der Waals surface area contributed by atoms with Gasteiger partial charge in [0.15, 0.2) is 0 Å². The summed E-state index contributed by atoms with van der Waals surface area (Å²) in [5, 5.41) is 3.54. The Hall–Kier alpha value is -0.420. The van der Waals surface area contributed by atoms with Crippen LogP contribution in [0, 0.1) is 0 Å². The fourth-order valence-electron chi connectivity index (χ4n) is 1.86. The van der Waals surface area contributed by atoms with Gasteiger partial charge in [-0.05, 0) is 46.4 Å². The molecule has 0 fully saturated rings. The third-order valence-electron chi connectivity index (χ3n) is 3.09. The highest BCUT2D eigenvalue weighted by atomic mass is 32.1. The van der Waals surface area contributed by atoms with E-state index in [1.165, 1.54) is 9.75 Å². The molecule has 0 aliphatic heterocycles. The molecule has 1 heterocycles. The molecule has 1 N–H and O–H groups in total. The lowest BCUT2D eigenvalue weighted by atomic mass is 10.1. The predicted octanol–water partition coefficient (Wildman–Crippen LogP) is 3.49. The van der Waals surface area contributed by atoms with Crippen LogP contribution in [0.25, 0.3) is 0 Å². The molecular weight excluding hydrogens is 268 g/mol. The largest absolute Gasteiger partial charge is 0.380 e. The molecule has 0 unspecified atom stereocenters. The zero-order valence-corrected chi connectivity index (χ0v) is 14.5. The van der Waals surface area contributed by atoms with E-state index in [0.717, 1.165) is 39.4 Å². The summed E-state index contributed by atoms with van der Waals surface area (Å²) in [5.41, 5.74) is 0.178. The number of likely N-dealkylation sites (N-methyl/N-ethyl adjacent to an activating group) is 1. The summed E-state index contributed by atoms with van der Waals surface area (Å²) in [7, 11) is 0. The van der Waals surface area contributed by atoms with E-state index in [1.54, 1.807) is 0 Å². The summed E-state index contributed by atoms with van der Waals surface area (Å²) in [5.74, 6) is 0. The molecule has 0 aliphatic carbocycles. The molecule has 20 heavy (non-hydrogen) atoms. The molecule has 0 aliphatic rings. The van der Waals surface area contributed by atoms with Crippen molar-refractivity contribution in [1.82, 2.24) is 10.2 Å². The first kappa shape index (κ1) is 17.6. The Morgan fingerprint density at radius 2 is 1.90 bits per heavy atom. The van der Waals surface area contributed by atoms with Crippen molar-refractivity contribution in [3.05, 3.63) is 21.9 Å². The molecule has 0 spiro atoms. The number of rotatable bonds is 9. The minimum absolute atomic E-state index is 0.178. The fourth-order valence-corrected chi connectivity index (χ4v) is 2.86. The minimum Gasteiger partial charge on any atom is -0.380 e. The summed E-state index contributed by atoms with van der Waals surface area (Å²) >= 11 is 1.91. The maximum Gasteiger partial charge on any atom is 0.0593 e. The van der Waals surface area contributed by atoms with Gasteiger partial charge >= 0.3 is 0 Å². The molecule has 3 nitrogen and oxygen atoms in total. The van der Waals surface area contributed by atoms with Crippen molar-refractivity contribution in [3.8, 4) is 0 Å². The van der Waals surface area contributed by atoms with E-state index in [2.05, 4.69) is 50.0 Å². The Morgan fingerprint density at radius 3 is 2.50 bits per heavy atom. The van der Waals surface area contributed by atoms with Crippen molar-refractivity contribution in [2.75, 3.05) is 26.3 Å². The standard InChI is InChI=1S/C16H30N2OS/c1-6-18(10-11-19-7-2)13-15-9-8-14(20-15)12-17-16(3,4)5/h8-9,17H,6-7,10-13H2,1-5H3. The van der Waals surface area contributed by atoms with Gasteiger partial charge in [-0.1, -0.05) is 6.92 Å². The van der Waals surface area contributed by atoms with Crippen LogP contribution in [0.1, 0.15) is 44.4 Å². The van der Waals surface area contributed by atoms with Crippen LogP contribution in [-0.4, -0.2) is 36.7 Å². The highest BCUT2D eigenvalue weighted by molar-refractivity contribution is 7.11. The highest BCUT2D eigenvalue weighted by Gasteiger charge is 2.10. The molecule has 1 rings (SSSR count). The van der Waals surface area contributed by atoms with Gasteiger partial charge in [0.25, 0.3) is 0 Å². The van der Waals surface area contributed by atoms with Gasteiger partial charge in [0.1, 0.15) is 0 Å². The summed E-state index contributed by atoms with van der Waals surface area (Å²) in [4.78, 5) is 5.28. The maximum atomic E-state index is 5.44. The van der Waals surface area contributed by atoms with Crippen LogP contribution in [0.15, 0.2) is 12.1 Å². The minimum atomic E-state index is 0.178. The second-order valence-corrected chi connectivity index (χ2v) is 7.29. The van der Waals surface area contributed by atoms with Crippen LogP contribution in [0.4, 0.5) is 0 Å². The van der Waals surface area contributed by atoms with Crippen molar-refractivity contribution in [2.45, 2.75) is 53.2 Å². The maximum absolute atomic E-state index is 5.44. The van der Waals surface area contributed by atoms with Gasteiger partial charge in [0.05, 0.1) is 6.61 Å². The van der Waals surface area contributed by atoms with Crippen LogP contribution < -0.4 is 5.32 Å². The summed E-state index contributed by atoms with van der Waals surface area (Å²) in [6.07, 6.45) is 0. The highest BCUT2D eigenvalue weighted by Crippen LogP contribution is 2.19. The Bertz CT molecular complexity index is 371. The number of hydrogen-bond donors (Lipinski definition) is 1. The number of ether oxygens (including phenoxy) is 1. The van der Waals surface area contributed by atoms with Crippen LogP contribution in [0.5, 0.6) is 0 Å². The van der Waals surface area contributed by atoms with E-state index in [4.69, 9.17) is 4.74 Å². The smallest absolute Gasteiger partial charge is 0.0593 e. The Labute approximate surface area is 128 Å². The topological polar surface area (TPSA) is 24.5 Å². The first-order valence-corrected chi connectivity index (χ1v) is 8.39. The fraction of sp³-hybridized carbons (Fsp3) is 0.750. The lowest BCUT2D eigenvalue weighted by molar-refractivity contribution is 0.113. The molecule has 0 saturated carbocycles. The van der Waals surface area contributed by atoms with Gasteiger partial charge in [-0.15, -0.1) is 11.3 Å². The van der Waals surface area contributed by atoms with E-state index in [0.29, 0.717) is 0 Å². The second-order valence-electron chi connectivity index (χ2n) is 6.04. The average molecular weight is 298 g/mol. The molecule has 0 bridgehead atoms. The van der Waals surface area contributed by atoms with Crippen LogP contribution in [0.3, 0.4) is 0 Å². The molecule has 0 amide bonds. The average Bonchev–Trinajstić information content (AvgIpc) is 2.82. The summed E-state index contributed by atoms with van der Waals surface area (Å²) < 4.78 is 5.44. The van der Waals surface area contributed by atoms with Crippen molar-refractivity contribution in [3.63, 3.8) is 0 Å². The zero-order chi connectivity index (χ0) is 15.0. The van der Waals surface area contributed by atoms with Gasteiger partial charge in [-0.25, -0.2) is 0 Å². The second kappa shape index (κ2) is 8.78. The first-order valence-electron chi connectivity index (χ1n) is 7.57.